The fourth-order valence-corrected chi connectivity index (χ4v) is 2.38. The van der Waals surface area contributed by atoms with Crippen LogP contribution in [0.4, 0.5) is 0 Å². The summed E-state index contributed by atoms with van der Waals surface area (Å²) in [5.74, 6) is 2.13. The predicted molar refractivity (Wildman–Crippen MR) is 64.5 cm³/mol. The van der Waals surface area contributed by atoms with Gasteiger partial charge < -0.3 is 4.52 Å². The molecule has 84 valence electrons. The lowest BCUT2D eigenvalue weighted by Crippen LogP contribution is -1.87. The highest BCUT2D eigenvalue weighted by atomic mass is 32.2. The zero-order valence-corrected chi connectivity index (χ0v) is 10.5. The van der Waals surface area contributed by atoms with Crippen molar-refractivity contribution in [3.8, 4) is 0 Å². The molecule has 4 heteroatoms. The van der Waals surface area contributed by atoms with Gasteiger partial charge in [-0.1, -0.05) is 17.3 Å². The quantitative estimate of drug-likeness (QED) is 0.764. The molecule has 0 atom stereocenters. The van der Waals surface area contributed by atoms with Crippen molar-refractivity contribution >= 4 is 11.8 Å². The summed E-state index contributed by atoms with van der Waals surface area (Å²) >= 11 is 1.74. The molecule has 0 bridgehead atoms. The summed E-state index contributed by atoms with van der Waals surface area (Å²) in [4.78, 5) is 5.46. The summed E-state index contributed by atoms with van der Waals surface area (Å²) in [5.41, 5.74) is 2.64. The summed E-state index contributed by atoms with van der Waals surface area (Å²) < 4.78 is 4.93. The average molecular weight is 234 g/mol. The van der Waals surface area contributed by atoms with Gasteiger partial charge in [0.1, 0.15) is 0 Å². The van der Waals surface area contributed by atoms with E-state index in [0.29, 0.717) is 5.89 Å². The first-order valence-electron chi connectivity index (χ1n) is 5.15. The molecular formula is C12H14N2OS. The molecule has 1 aromatic carbocycles. The number of thioether (sulfide) groups is 1. The molecule has 0 saturated heterocycles. The lowest BCUT2D eigenvalue weighted by molar-refractivity contribution is 0.389. The Balaban J connectivity index is 2.07. The maximum atomic E-state index is 4.93. The number of aryl methyl sites for hydroxylation is 2. The van der Waals surface area contributed by atoms with Gasteiger partial charge in [0, 0.05) is 11.8 Å². The van der Waals surface area contributed by atoms with Crippen LogP contribution in [0, 0.1) is 20.8 Å². The number of aromatic nitrogens is 2. The van der Waals surface area contributed by atoms with Crippen molar-refractivity contribution < 1.29 is 4.52 Å². The number of rotatable bonds is 3. The van der Waals surface area contributed by atoms with E-state index in [1.807, 2.05) is 0 Å². The predicted octanol–water partition coefficient (Wildman–Crippen LogP) is 3.29. The molecule has 0 amide bonds. The van der Waals surface area contributed by atoms with Gasteiger partial charge in [-0.15, -0.1) is 11.8 Å². The molecule has 0 N–H and O–H groups in total. The molecule has 0 fully saturated rings. The molecule has 1 aromatic heterocycles. The molecule has 0 saturated carbocycles. The minimum Gasteiger partial charge on any atom is -0.340 e. The second-order valence-electron chi connectivity index (χ2n) is 3.72. The van der Waals surface area contributed by atoms with Gasteiger partial charge in [0.15, 0.2) is 5.82 Å². The van der Waals surface area contributed by atoms with Crippen molar-refractivity contribution in [1.29, 1.82) is 0 Å². The Morgan fingerprint density at radius 1 is 1.25 bits per heavy atom. The topological polar surface area (TPSA) is 38.9 Å². The Morgan fingerprint density at radius 2 is 2.06 bits per heavy atom. The Morgan fingerprint density at radius 3 is 2.75 bits per heavy atom. The van der Waals surface area contributed by atoms with E-state index in [4.69, 9.17) is 4.52 Å². The van der Waals surface area contributed by atoms with E-state index >= 15 is 0 Å². The van der Waals surface area contributed by atoms with Crippen molar-refractivity contribution in [1.82, 2.24) is 10.1 Å². The van der Waals surface area contributed by atoms with Gasteiger partial charge in [-0.3, -0.25) is 0 Å². The van der Waals surface area contributed by atoms with E-state index < -0.39 is 0 Å². The summed E-state index contributed by atoms with van der Waals surface area (Å²) in [6, 6.07) is 6.32. The minimum absolute atomic E-state index is 0.622. The van der Waals surface area contributed by atoms with Gasteiger partial charge in [0.05, 0.1) is 5.75 Å². The Bertz CT molecular complexity index is 494. The zero-order valence-electron chi connectivity index (χ0n) is 9.65. The van der Waals surface area contributed by atoms with Crippen LogP contribution in [0.1, 0.15) is 22.8 Å². The Kier molecular flexibility index (Phi) is 3.29. The number of hydrogen-bond donors (Lipinski definition) is 0. The summed E-state index contributed by atoms with van der Waals surface area (Å²) in [7, 11) is 0. The lowest BCUT2D eigenvalue weighted by Gasteiger charge is -2.06. The molecule has 0 spiro atoms. The van der Waals surface area contributed by atoms with Gasteiger partial charge in [0.2, 0.25) is 5.89 Å². The third kappa shape index (κ3) is 2.44. The van der Waals surface area contributed by atoms with Gasteiger partial charge in [-0.2, -0.15) is 4.98 Å². The van der Waals surface area contributed by atoms with E-state index in [0.717, 1.165) is 11.6 Å². The molecule has 2 rings (SSSR count). The van der Waals surface area contributed by atoms with Crippen molar-refractivity contribution in [3.05, 3.63) is 41.0 Å². The first kappa shape index (κ1) is 11.2. The normalized spacial score (nSPS) is 10.7. The molecular weight excluding hydrogens is 220 g/mol. The molecule has 1 heterocycles. The second-order valence-corrected chi connectivity index (χ2v) is 4.73. The smallest absolute Gasteiger partial charge is 0.223 e. The van der Waals surface area contributed by atoms with E-state index in [1.165, 1.54) is 16.0 Å². The highest BCUT2D eigenvalue weighted by Gasteiger charge is 2.05. The maximum absolute atomic E-state index is 4.93. The van der Waals surface area contributed by atoms with Crippen LogP contribution in [0.25, 0.3) is 0 Å². The van der Waals surface area contributed by atoms with E-state index in [1.54, 1.807) is 18.7 Å². The standard InChI is InChI=1S/C12H14N2OS/c1-8-5-4-6-11(9(8)2)16-7-12-13-10(3)15-14-12/h4-6H,7H2,1-3H3. The first-order valence-corrected chi connectivity index (χ1v) is 6.13. The SMILES string of the molecule is Cc1nc(CSc2cccc(C)c2C)no1. The van der Waals surface area contributed by atoms with Crippen LogP contribution in [-0.4, -0.2) is 10.1 Å². The number of benzene rings is 1. The van der Waals surface area contributed by atoms with Crippen molar-refractivity contribution in [2.24, 2.45) is 0 Å². The Hall–Kier alpha value is -1.29. The van der Waals surface area contributed by atoms with Crippen LogP contribution in [-0.2, 0) is 5.75 Å². The molecule has 0 aliphatic carbocycles. The van der Waals surface area contributed by atoms with Crippen LogP contribution < -0.4 is 0 Å². The van der Waals surface area contributed by atoms with Gasteiger partial charge in [-0.05, 0) is 31.0 Å². The average Bonchev–Trinajstić information content (AvgIpc) is 2.67. The summed E-state index contributed by atoms with van der Waals surface area (Å²) in [5, 5.41) is 3.88. The summed E-state index contributed by atoms with van der Waals surface area (Å²) in [6.45, 7) is 6.07. The molecule has 0 radical (unpaired) electrons. The molecule has 0 aliphatic rings. The zero-order chi connectivity index (χ0) is 11.5. The molecule has 16 heavy (non-hydrogen) atoms. The van der Waals surface area contributed by atoms with Gasteiger partial charge in [0.25, 0.3) is 0 Å². The molecule has 0 aliphatic heterocycles. The highest BCUT2D eigenvalue weighted by Crippen LogP contribution is 2.26. The van der Waals surface area contributed by atoms with Gasteiger partial charge >= 0.3 is 0 Å². The van der Waals surface area contributed by atoms with Crippen molar-refractivity contribution in [3.63, 3.8) is 0 Å². The van der Waals surface area contributed by atoms with Crippen LogP contribution in [0.3, 0.4) is 0 Å². The second kappa shape index (κ2) is 4.70. The van der Waals surface area contributed by atoms with E-state index in [9.17, 15) is 0 Å². The van der Waals surface area contributed by atoms with E-state index in [-0.39, 0.29) is 0 Å². The maximum Gasteiger partial charge on any atom is 0.223 e. The third-order valence-corrected chi connectivity index (χ3v) is 3.64. The van der Waals surface area contributed by atoms with Crippen LogP contribution in [0.15, 0.2) is 27.6 Å². The minimum atomic E-state index is 0.622. The Labute approximate surface area is 99.3 Å². The molecule has 0 unspecified atom stereocenters. The summed E-state index contributed by atoms with van der Waals surface area (Å²) in [6.07, 6.45) is 0. The lowest BCUT2D eigenvalue weighted by atomic mass is 10.1. The molecule has 2 aromatic rings. The third-order valence-electron chi connectivity index (χ3n) is 2.48. The molecule has 3 nitrogen and oxygen atoms in total. The van der Waals surface area contributed by atoms with Crippen LogP contribution >= 0.6 is 11.8 Å². The fraction of sp³-hybridized carbons (Fsp3) is 0.333. The van der Waals surface area contributed by atoms with Crippen LogP contribution in [0.2, 0.25) is 0 Å². The number of nitrogens with zero attached hydrogens (tertiary/aromatic N) is 2. The first-order chi connectivity index (χ1) is 7.66. The van der Waals surface area contributed by atoms with Crippen molar-refractivity contribution in [2.75, 3.05) is 0 Å². The van der Waals surface area contributed by atoms with Crippen LogP contribution in [0.5, 0.6) is 0 Å². The fourth-order valence-electron chi connectivity index (χ4n) is 1.42. The monoisotopic (exact) mass is 234 g/mol. The number of hydrogen-bond acceptors (Lipinski definition) is 4. The highest BCUT2D eigenvalue weighted by molar-refractivity contribution is 7.98. The van der Waals surface area contributed by atoms with Gasteiger partial charge in [-0.25, -0.2) is 0 Å². The largest absolute Gasteiger partial charge is 0.340 e. The van der Waals surface area contributed by atoms with E-state index in [2.05, 4.69) is 42.2 Å². The van der Waals surface area contributed by atoms with Crippen molar-refractivity contribution in [2.45, 2.75) is 31.4 Å².